The van der Waals surface area contributed by atoms with E-state index in [4.69, 9.17) is 0 Å². The first-order valence-electron chi connectivity index (χ1n) is 8.23. The Morgan fingerprint density at radius 2 is 2.08 bits per heavy atom. The van der Waals surface area contributed by atoms with Crippen molar-refractivity contribution in [3.63, 3.8) is 0 Å². The van der Waals surface area contributed by atoms with E-state index in [9.17, 15) is 5.26 Å². The lowest BCUT2D eigenvalue weighted by Crippen LogP contribution is -2.10. The van der Waals surface area contributed by atoms with Crippen LogP contribution in [0, 0.1) is 11.3 Å². The maximum atomic E-state index is 9.54. The molecule has 0 aliphatic carbocycles. The van der Waals surface area contributed by atoms with Gasteiger partial charge in [0, 0.05) is 12.1 Å². The summed E-state index contributed by atoms with van der Waals surface area (Å²) in [5.74, 6) is 1.25. The Bertz CT molecular complexity index is 894. The molecule has 2 N–H and O–H groups in total. The van der Waals surface area contributed by atoms with Crippen LogP contribution in [0.4, 0.5) is 5.82 Å². The first-order chi connectivity index (χ1) is 12.3. The van der Waals surface area contributed by atoms with Gasteiger partial charge < -0.3 is 5.32 Å². The van der Waals surface area contributed by atoms with Gasteiger partial charge in [0.25, 0.3) is 0 Å². The molecule has 7 nitrogen and oxygen atoms in total. The number of hydrogen-bond acceptors (Lipinski definition) is 6. The second-order valence-electron chi connectivity index (χ2n) is 5.56. The standard InChI is InChI=1S/C18H19N7/c1-3-14-15(9-19)18(25-23-16(14)4-2)20-10-12-6-5-7-13(8-12)17-21-11-22-24-17/h5-8,11H,3-4,10H2,1-2H3,(H,20,25)(H,21,22,24). The van der Waals surface area contributed by atoms with Crippen LogP contribution >= 0.6 is 0 Å². The second kappa shape index (κ2) is 7.53. The van der Waals surface area contributed by atoms with Gasteiger partial charge in [-0.25, -0.2) is 4.98 Å². The van der Waals surface area contributed by atoms with Crippen LogP contribution in [0.2, 0.25) is 0 Å². The summed E-state index contributed by atoms with van der Waals surface area (Å²) in [7, 11) is 0. The number of aryl methyl sites for hydroxylation is 1. The summed E-state index contributed by atoms with van der Waals surface area (Å²) in [6, 6.07) is 10.2. The molecule has 0 saturated carbocycles. The Balaban J connectivity index is 1.83. The van der Waals surface area contributed by atoms with Crippen LogP contribution in [0.25, 0.3) is 11.4 Å². The van der Waals surface area contributed by atoms with Crippen molar-refractivity contribution in [1.82, 2.24) is 25.4 Å². The van der Waals surface area contributed by atoms with Gasteiger partial charge in [0.1, 0.15) is 18.0 Å². The molecule has 0 saturated heterocycles. The summed E-state index contributed by atoms with van der Waals surface area (Å²) in [6.07, 6.45) is 3.01. The van der Waals surface area contributed by atoms with Crippen LogP contribution in [-0.4, -0.2) is 25.4 Å². The number of anilines is 1. The third-order valence-corrected chi connectivity index (χ3v) is 4.03. The highest BCUT2D eigenvalue weighted by atomic mass is 15.2. The van der Waals surface area contributed by atoms with Crippen LogP contribution in [-0.2, 0) is 19.4 Å². The average Bonchev–Trinajstić information content (AvgIpc) is 3.20. The van der Waals surface area contributed by atoms with Gasteiger partial charge in [0.15, 0.2) is 11.6 Å². The van der Waals surface area contributed by atoms with Crippen molar-refractivity contribution in [2.45, 2.75) is 33.2 Å². The minimum Gasteiger partial charge on any atom is -0.363 e. The van der Waals surface area contributed by atoms with Gasteiger partial charge in [-0.05, 0) is 30.0 Å². The molecule has 0 spiro atoms. The highest BCUT2D eigenvalue weighted by Crippen LogP contribution is 2.21. The van der Waals surface area contributed by atoms with Crippen molar-refractivity contribution in [3.05, 3.63) is 53.0 Å². The monoisotopic (exact) mass is 333 g/mol. The van der Waals surface area contributed by atoms with Crippen LogP contribution in [0.5, 0.6) is 0 Å². The number of aromatic amines is 1. The number of nitriles is 1. The number of nitrogens with zero attached hydrogens (tertiary/aromatic N) is 5. The van der Waals surface area contributed by atoms with Gasteiger partial charge in [0.05, 0.1) is 5.69 Å². The molecule has 0 aliphatic rings. The first-order valence-corrected chi connectivity index (χ1v) is 8.23. The lowest BCUT2D eigenvalue weighted by Gasteiger charge is -2.12. The molecule has 126 valence electrons. The fourth-order valence-electron chi connectivity index (χ4n) is 2.78. The predicted octanol–water partition coefficient (Wildman–Crippen LogP) is 2.87. The first kappa shape index (κ1) is 16.6. The lowest BCUT2D eigenvalue weighted by atomic mass is 10.0. The molecular formula is C18H19N7. The average molecular weight is 333 g/mol. The molecule has 1 aromatic carbocycles. The number of rotatable bonds is 6. The maximum Gasteiger partial charge on any atom is 0.167 e. The molecule has 0 atom stereocenters. The van der Waals surface area contributed by atoms with Gasteiger partial charge in [-0.1, -0.05) is 32.0 Å². The van der Waals surface area contributed by atoms with E-state index in [-0.39, 0.29) is 0 Å². The Morgan fingerprint density at radius 1 is 1.20 bits per heavy atom. The van der Waals surface area contributed by atoms with Crippen LogP contribution in [0.1, 0.15) is 36.2 Å². The third kappa shape index (κ3) is 3.48. The van der Waals surface area contributed by atoms with Gasteiger partial charge >= 0.3 is 0 Å². The number of benzene rings is 1. The van der Waals surface area contributed by atoms with Crippen LogP contribution in [0.3, 0.4) is 0 Å². The van der Waals surface area contributed by atoms with Gasteiger partial charge in [0.2, 0.25) is 0 Å². The quantitative estimate of drug-likeness (QED) is 0.719. The van der Waals surface area contributed by atoms with Crippen molar-refractivity contribution >= 4 is 5.82 Å². The molecule has 2 heterocycles. The highest BCUT2D eigenvalue weighted by molar-refractivity contribution is 5.58. The van der Waals surface area contributed by atoms with Crippen molar-refractivity contribution in [1.29, 1.82) is 5.26 Å². The number of nitrogens with one attached hydrogen (secondary N) is 2. The van der Waals surface area contributed by atoms with E-state index in [1.165, 1.54) is 6.33 Å². The van der Waals surface area contributed by atoms with E-state index in [0.717, 1.165) is 41.1 Å². The summed E-state index contributed by atoms with van der Waals surface area (Å²) in [5, 5.41) is 28.0. The van der Waals surface area contributed by atoms with Crippen molar-refractivity contribution < 1.29 is 0 Å². The van der Waals surface area contributed by atoms with E-state index >= 15 is 0 Å². The molecule has 0 aliphatic heterocycles. The molecule has 0 amide bonds. The summed E-state index contributed by atoms with van der Waals surface area (Å²) in [5.41, 5.74) is 4.45. The second-order valence-corrected chi connectivity index (χ2v) is 5.56. The summed E-state index contributed by atoms with van der Waals surface area (Å²) in [6.45, 7) is 4.59. The van der Waals surface area contributed by atoms with Crippen molar-refractivity contribution in [2.75, 3.05) is 5.32 Å². The normalized spacial score (nSPS) is 10.4. The summed E-state index contributed by atoms with van der Waals surface area (Å²) >= 11 is 0. The maximum absolute atomic E-state index is 9.54. The van der Waals surface area contributed by atoms with Crippen molar-refractivity contribution in [2.24, 2.45) is 0 Å². The fourth-order valence-corrected chi connectivity index (χ4v) is 2.78. The van der Waals surface area contributed by atoms with Gasteiger partial charge in [-0.2, -0.15) is 15.5 Å². The lowest BCUT2D eigenvalue weighted by molar-refractivity contribution is 0.869. The van der Waals surface area contributed by atoms with E-state index in [1.807, 2.05) is 38.1 Å². The zero-order chi connectivity index (χ0) is 17.6. The van der Waals surface area contributed by atoms with E-state index < -0.39 is 0 Å². The predicted molar refractivity (Wildman–Crippen MR) is 94.6 cm³/mol. The summed E-state index contributed by atoms with van der Waals surface area (Å²) in [4.78, 5) is 4.16. The third-order valence-electron chi connectivity index (χ3n) is 4.03. The molecule has 0 bridgehead atoms. The molecule has 0 radical (unpaired) electrons. The Hall–Kier alpha value is -3.27. The van der Waals surface area contributed by atoms with E-state index in [0.29, 0.717) is 17.9 Å². The summed E-state index contributed by atoms with van der Waals surface area (Å²) < 4.78 is 0. The highest BCUT2D eigenvalue weighted by Gasteiger charge is 2.14. The van der Waals surface area contributed by atoms with Gasteiger partial charge in [-0.15, -0.1) is 5.10 Å². The Kier molecular flexibility index (Phi) is 5.00. The van der Waals surface area contributed by atoms with Crippen LogP contribution < -0.4 is 5.32 Å². The molecule has 7 heteroatoms. The largest absolute Gasteiger partial charge is 0.363 e. The minimum atomic E-state index is 0.529. The minimum absolute atomic E-state index is 0.529. The molecule has 0 fully saturated rings. The number of hydrogen-bond donors (Lipinski definition) is 2. The van der Waals surface area contributed by atoms with Crippen molar-refractivity contribution in [3.8, 4) is 17.5 Å². The van der Waals surface area contributed by atoms with E-state index in [2.05, 4.69) is 36.8 Å². The SMILES string of the molecule is CCc1nnc(NCc2cccc(-c3ncn[nH]3)c2)c(C#N)c1CC. The molecule has 3 rings (SSSR count). The number of aromatic nitrogens is 5. The molecule has 25 heavy (non-hydrogen) atoms. The van der Waals surface area contributed by atoms with E-state index in [1.54, 1.807) is 0 Å². The number of H-pyrrole nitrogens is 1. The zero-order valence-corrected chi connectivity index (χ0v) is 14.2. The molecule has 2 aromatic heterocycles. The molecule has 3 aromatic rings. The van der Waals surface area contributed by atoms with Gasteiger partial charge in [-0.3, -0.25) is 5.10 Å². The smallest absolute Gasteiger partial charge is 0.167 e. The zero-order valence-electron chi connectivity index (χ0n) is 14.2. The van der Waals surface area contributed by atoms with Crippen LogP contribution in [0.15, 0.2) is 30.6 Å². The fraction of sp³-hybridized carbons (Fsp3) is 0.278. The molecule has 0 unspecified atom stereocenters. The Morgan fingerprint density at radius 3 is 2.76 bits per heavy atom. The topological polar surface area (TPSA) is 103 Å². The molecular weight excluding hydrogens is 314 g/mol. The Labute approximate surface area is 146 Å².